The molecule has 0 bridgehead atoms. The molecular weight excluding hydrogens is 334 g/mol. The summed E-state index contributed by atoms with van der Waals surface area (Å²) in [6, 6.07) is 15.8. The summed E-state index contributed by atoms with van der Waals surface area (Å²) in [7, 11) is 0. The third-order valence-corrected chi connectivity index (χ3v) is 5.27. The average Bonchev–Trinajstić information content (AvgIpc) is 3.15. The Bertz CT molecular complexity index is 934. The van der Waals surface area contributed by atoms with Gasteiger partial charge in [0.05, 0.1) is 5.69 Å². The largest absolute Gasteiger partial charge is 0.361 e. The van der Waals surface area contributed by atoms with E-state index >= 15 is 0 Å². The molecule has 3 aromatic rings. The highest BCUT2D eigenvalue weighted by Gasteiger charge is 2.12. The zero-order valence-corrected chi connectivity index (χ0v) is 15.5. The van der Waals surface area contributed by atoms with Crippen LogP contribution < -0.4 is 0 Å². The number of aliphatic imine (C=N–C) groups is 1. The van der Waals surface area contributed by atoms with E-state index in [4.69, 9.17) is 0 Å². The number of carbonyl (C=O) groups excluding carboxylic acids is 1. The van der Waals surface area contributed by atoms with Gasteiger partial charge >= 0.3 is 0 Å². The molecule has 0 amide bonds. The summed E-state index contributed by atoms with van der Waals surface area (Å²) in [5, 5.41) is 1.16. The monoisotopic (exact) mass is 359 g/mol. The first-order valence-corrected chi connectivity index (χ1v) is 9.75. The molecule has 1 saturated heterocycles. The highest BCUT2D eigenvalue weighted by Crippen LogP contribution is 2.19. The van der Waals surface area contributed by atoms with E-state index in [2.05, 4.69) is 27.0 Å². The molecule has 1 fully saturated rings. The number of aromatic amines is 1. The Morgan fingerprint density at radius 3 is 2.63 bits per heavy atom. The minimum absolute atomic E-state index is 0.215. The van der Waals surface area contributed by atoms with Crippen LogP contribution in [0.5, 0.6) is 0 Å². The van der Waals surface area contributed by atoms with Crippen molar-refractivity contribution in [2.75, 3.05) is 19.6 Å². The van der Waals surface area contributed by atoms with Gasteiger partial charge in [-0.2, -0.15) is 0 Å². The fourth-order valence-electron chi connectivity index (χ4n) is 3.67. The van der Waals surface area contributed by atoms with Crippen molar-refractivity contribution in [1.29, 1.82) is 0 Å². The molecule has 4 heteroatoms. The van der Waals surface area contributed by atoms with Crippen LogP contribution in [-0.2, 0) is 0 Å². The molecular formula is C23H25N3O. The predicted molar refractivity (Wildman–Crippen MR) is 111 cm³/mol. The van der Waals surface area contributed by atoms with E-state index in [1.165, 1.54) is 19.3 Å². The van der Waals surface area contributed by atoms with Crippen LogP contribution >= 0.6 is 0 Å². The van der Waals surface area contributed by atoms with Gasteiger partial charge in [0.15, 0.2) is 5.78 Å². The lowest BCUT2D eigenvalue weighted by Crippen LogP contribution is -2.31. The number of likely N-dealkylation sites (tertiary alicyclic amines) is 1. The Kier molecular flexibility index (Phi) is 5.45. The molecule has 2 aromatic carbocycles. The van der Waals surface area contributed by atoms with Gasteiger partial charge < -0.3 is 9.88 Å². The summed E-state index contributed by atoms with van der Waals surface area (Å²) < 4.78 is 0. The molecule has 0 unspecified atom stereocenters. The number of hydrogen-bond acceptors (Lipinski definition) is 3. The van der Waals surface area contributed by atoms with E-state index in [1.807, 2.05) is 48.8 Å². The maximum absolute atomic E-state index is 12.4. The van der Waals surface area contributed by atoms with E-state index < -0.39 is 0 Å². The molecule has 0 spiro atoms. The maximum Gasteiger partial charge on any atom is 0.164 e. The Morgan fingerprint density at radius 1 is 1.04 bits per heavy atom. The maximum atomic E-state index is 12.4. The van der Waals surface area contributed by atoms with Gasteiger partial charge in [0.25, 0.3) is 0 Å². The lowest BCUT2D eigenvalue weighted by Gasteiger charge is -2.25. The number of Topliss-reactive ketones (excluding diaryl/α,β-unsaturated/α-hetero) is 1. The highest BCUT2D eigenvalue weighted by molar-refractivity contribution is 6.00. The molecule has 2 heterocycles. The Morgan fingerprint density at radius 2 is 1.81 bits per heavy atom. The van der Waals surface area contributed by atoms with Crippen molar-refractivity contribution in [3.05, 3.63) is 65.9 Å². The lowest BCUT2D eigenvalue weighted by molar-refractivity contribution is 0.0958. The number of piperidine rings is 1. The van der Waals surface area contributed by atoms with Gasteiger partial charge in [-0.05, 0) is 56.3 Å². The first-order valence-electron chi connectivity index (χ1n) is 9.75. The number of hydrogen-bond donors (Lipinski definition) is 1. The van der Waals surface area contributed by atoms with E-state index in [0.29, 0.717) is 6.42 Å². The van der Waals surface area contributed by atoms with Crippen LogP contribution in [0.1, 0.15) is 41.6 Å². The third-order valence-electron chi connectivity index (χ3n) is 5.27. The standard InChI is InChI=1S/C23H25N3O/c27-23(12-15-26-13-4-1-5-14-26)18-8-10-20(11-9-18)24-16-19-17-25-22-7-3-2-6-21(19)22/h2-3,6-11,16-17,25H,1,4-5,12-15H2. The van der Waals surface area contributed by atoms with Gasteiger partial charge in [-0.25, -0.2) is 0 Å². The Labute approximate surface area is 159 Å². The van der Waals surface area contributed by atoms with E-state index in [9.17, 15) is 4.79 Å². The van der Waals surface area contributed by atoms with Gasteiger partial charge in [0, 0.05) is 47.4 Å². The molecule has 27 heavy (non-hydrogen) atoms. The fraction of sp³-hybridized carbons (Fsp3) is 0.304. The number of carbonyl (C=O) groups is 1. The van der Waals surface area contributed by atoms with Gasteiger partial charge in [-0.15, -0.1) is 0 Å². The molecule has 0 atom stereocenters. The molecule has 4 rings (SSSR count). The Hall–Kier alpha value is -2.72. The van der Waals surface area contributed by atoms with E-state index in [1.54, 1.807) is 0 Å². The van der Waals surface area contributed by atoms with Crippen molar-refractivity contribution in [2.24, 2.45) is 4.99 Å². The van der Waals surface area contributed by atoms with Crippen molar-refractivity contribution in [1.82, 2.24) is 9.88 Å². The second-order valence-corrected chi connectivity index (χ2v) is 7.17. The van der Waals surface area contributed by atoms with Crippen LogP contribution in [0.15, 0.2) is 59.7 Å². The number of para-hydroxylation sites is 1. The first-order chi connectivity index (χ1) is 13.3. The van der Waals surface area contributed by atoms with Crippen LogP contribution in [0.3, 0.4) is 0 Å². The molecule has 1 aliphatic heterocycles. The zero-order valence-electron chi connectivity index (χ0n) is 15.5. The van der Waals surface area contributed by atoms with Gasteiger partial charge in [-0.3, -0.25) is 9.79 Å². The lowest BCUT2D eigenvalue weighted by atomic mass is 10.1. The Balaban J connectivity index is 1.37. The van der Waals surface area contributed by atoms with Gasteiger partial charge in [0.1, 0.15) is 0 Å². The molecule has 0 radical (unpaired) electrons. The molecule has 138 valence electrons. The molecule has 1 aromatic heterocycles. The van der Waals surface area contributed by atoms with E-state index in [0.717, 1.165) is 47.4 Å². The summed E-state index contributed by atoms with van der Waals surface area (Å²) in [6.45, 7) is 3.14. The molecule has 0 saturated carbocycles. The molecule has 0 aliphatic carbocycles. The van der Waals surface area contributed by atoms with Crippen LogP contribution in [0.25, 0.3) is 10.9 Å². The number of benzene rings is 2. The first kappa shape index (κ1) is 17.7. The second-order valence-electron chi connectivity index (χ2n) is 7.17. The molecule has 1 N–H and O–H groups in total. The summed E-state index contributed by atoms with van der Waals surface area (Å²) in [6.07, 6.45) is 8.27. The number of ketones is 1. The quantitative estimate of drug-likeness (QED) is 0.498. The fourth-order valence-corrected chi connectivity index (χ4v) is 3.67. The van der Waals surface area contributed by atoms with Crippen LogP contribution in [0, 0.1) is 0 Å². The predicted octanol–water partition coefficient (Wildman–Crippen LogP) is 4.98. The minimum Gasteiger partial charge on any atom is -0.361 e. The summed E-state index contributed by atoms with van der Waals surface area (Å²) in [4.78, 5) is 22.6. The number of rotatable bonds is 6. The number of aromatic nitrogens is 1. The van der Waals surface area contributed by atoms with E-state index in [-0.39, 0.29) is 5.78 Å². The van der Waals surface area contributed by atoms with Crippen molar-refractivity contribution in [2.45, 2.75) is 25.7 Å². The highest BCUT2D eigenvalue weighted by atomic mass is 16.1. The second kappa shape index (κ2) is 8.31. The minimum atomic E-state index is 0.215. The smallest absolute Gasteiger partial charge is 0.164 e. The van der Waals surface area contributed by atoms with Crippen LogP contribution in [0.2, 0.25) is 0 Å². The average molecular weight is 359 g/mol. The number of nitrogens with zero attached hydrogens (tertiary/aromatic N) is 2. The van der Waals surface area contributed by atoms with Crippen LogP contribution in [0.4, 0.5) is 5.69 Å². The van der Waals surface area contributed by atoms with Gasteiger partial charge in [-0.1, -0.05) is 24.6 Å². The van der Waals surface area contributed by atoms with Crippen molar-refractivity contribution in [3.8, 4) is 0 Å². The summed E-state index contributed by atoms with van der Waals surface area (Å²) in [5.41, 5.74) is 3.80. The summed E-state index contributed by atoms with van der Waals surface area (Å²) in [5.74, 6) is 0.215. The van der Waals surface area contributed by atoms with Crippen molar-refractivity contribution in [3.63, 3.8) is 0 Å². The van der Waals surface area contributed by atoms with Crippen molar-refractivity contribution >= 4 is 28.6 Å². The van der Waals surface area contributed by atoms with Gasteiger partial charge in [0.2, 0.25) is 0 Å². The van der Waals surface area contributed by atoms with Crippen molar-refractivity contribution < 1.29 is 4.79 Å². The normalized spacial score (nSPS) is 15.6. The number of H-pyrrole nitrogens is 1. The SMILES string of the molecule is O=C(CCN1CCCCC1)c1ccc(N=Cc2c[nH]c3ccccc23)cc1. The molecule has 1 aliphatic rings. The van der Waals surface area contributed by atoms with Crippen LogP contribution in [-0.4, -0.2) is 41.5 Å². The number of nitrogens with one attached hydrogen (secondary N) is 1. The third kappa shape index (κ3) is 4.34. The molecule has 4 nitrogen and oxygen atoms in total. The topological polar surface area (TPSA) is 48.5 Å². The number of fused-ring (bicyclic) bond motifs is 1. The summed E-state index contributed by atoms with van der Waals surface area (Å²) >= 11 is 0. The zero-order chi connectivity index (χ0) is 18.5.